The molecule has 0 radical (unpaired) electrons. The summed E-state index contributed by atoms with van der Waals surface area (Å²) in [6.45, 7) is 0.122. The smallest absolute Gasteiger partial charge is 0.332 e. The summed E-state index contributed by atoms with van der Waals surface area (Å²) in [6.07, 6.45) is 0.496. The fraction of sp³-hybridized carbons (Fsp3) is 0.333. The van der Waals surface area contributed by atoms with Crippen molar-refractivity contribution in [3.63, 3.8) is 0 Å². The predicted octanol–water partition coefficient (Wildman–Crippen LogP) is 0.974. The van der Waals surface area contributed by atoms with Crippen LogP contribution < -0.4 is 5.32 Å². The topological polar surface area (TPSA) is 86.6 Å². The number of amides is 1. The number of carbonyl (C=O) groups is 2. The standard InChI is InChI=1S/C12H15NO4S/c1-18-9-4-2-8(3-5-9)11(15)13-7-6-10(14)12(16)17/h2-5,10,14H,6-7H2,1H3,(H,13,15)(H,16,17)/t10-/m0/s1. The van der Waals surface area contributed by atoms with E-state index >= 15 is 0 Å². The highest BCUT2D eigenvalue weighted by atomic mass is 32.2. The third-order valence-electron chi connectivity index (χ3n) is 2.34. The van der Waals surface area contributed by atoms with Gasteiger partial charge in [-0.05, 0) is 30.5 Å². The van der Waals surface area contributed by atoms with Gasteiger partial charge in [0.2, 0.25) is 0 Å². The molecule has 0 aromatic heterocycles. The highest BCUT2D eigenvalue weighted by Gasteiger charge is 2.13. The van der Waals surface area contributed by atoms with Crippen molar-refractivity contribution in [2.75, 3.05) is 12.8 Å². The first-order valence-electron chi connectivity index (χ1n) is 5.37. The Hall–Kier alpha value is -1.53. The number of carboxylic acids is 1. The molecular formula is C12H15NO4S. The fourth-order valence-electron chi connectivity index (χ4n) is 1.29. The number of hydrogen-bond donors (Lipinski definition) is 3. The summed E-state index contributed by atoms with van der Waals surface area (Å²) in [5.74, 6) is -1.56. The number of hydrogen-bond acceptors (Lipinski definition) is 4. The molecule has 98 valence electrons. The zero-order chi connectivity index (χ0) is 13.5. The second-order valence-electron chi connectivity index (χ2n) is 3.63. The van der Waals surface area contributed by atoms with Gasteiger partial charge in [-0.15, -0.1) is 11.8 Å². The number of carboxylic acid groups (broad SMARTS) is 1. The monoisotopic (exact) mass is 269 g/mol. The van der Waals surface area contributed by atoms with Crippen molar-refractivity contribution in [2.24, 2.45) is 0 Å². The Kier molecular flexibility index (Phi) is 5.67. The van der Waals surface area contributed by atoms with E-state index < -0.39 is 12.1 Å². The molecule has 1 aromatic carbocycles. The number of carbonyl (C=O) groups excluding carboxylic acids is 1. The predicted molar refractivity (Wildman–Crippen MR) is 68.8 cm³/mol. The summed E-state index contributed by atoms with van der Waals surface area (Å²) >= 11 is 1.58. The molecule has 0 saturated carbocycles. The highest BCUT2D eigenvalue weighted by molar-refractivity contribution is 7.98. The maximum Gasteiger partial charge on any atom is 0.332 e. The van der Waals surface area contributed by atoms with Crippen molar-refractivity contribution < 1.29 is 19.8 Å². The molecule has 0 heterocycles. The van der Waals surface area contributed by atoms with Crippen LogP contribution in [0.15, 0.2) is 29.2 Å². The normalized spacial score (nSPS) is 11.9. The molecule has 1 atom stereocenters. The Balaban J connectivity index is 2.42. The first-order valence-corrected chi connectivity index (χ1v) is 6.60. The van der Waals surface area contributed by atoms with Crippen molar-refractivity contribution >= 4 is 23.6 Å². The van der Waals surface area contributed by atoms with Crippen LogP contribution in [-0.4, -0.2) is 41.0 Å². The van der Waals surface area contributed by atoms with E-state index in [9.17, 15) is 9.59 Å². The Bertz CT molecular complexity index is 419. The number of benzene rings is 1. The zero-order valence-electron chi connectivity index (χ0n) is 9.92. The zero-order valence-corrected chi connectivity index (χ0v) is 10.7. The Morgan fingerprint density at radius 3 is 2.44 bits per heavy atom. The van der Waals surface area contributed by atoms with Gasteiger partial charge in [-0.2, -0.15) is 0 Å². The summed E-state index contributed by atoms with van der Waals surface area (Å²) < 4.78 is 0. The maximum atomic E-state index is 11.6. The third kappa shape index (κ3) is 4.38. The SMILES string of the molecule is CSc1ccc(C(=O)NCC[C@H](O)C(=O)O)cc1. The number of nitrogens with one attached hydrogen (secondary N) is 1. The third-order valence-corrected chi connectivity index (χ3v) is 3.08. The molecule has 3 N–H and O–H groups in total. The van der Waals surface area contributed by atoms with Crippen molar-refractivity contribution in [1.29, 1.82) is 0 Å². The number of aliphatic hydroxyl groups excluding tert-OH is 1. The number of aliphatic carboxylic acids is 1. The molecule has 1 aromatic rings. The summed E-state index contributed by atoms with van der Waals surface area (Å²) in [5, 5.41) is 20.0. The van der Waals surface area contributed by atoms with Gasteiger partial charge in [-0.25, -0.2) is 4.79 Å². The fourth-order valence-corrected chi connectivity index (χ4v) is 1.70. The molecular weight excluding hydrogens is 254 g/mol. The first-order chi connectivity index (χ1) is 8.54. The summed E-state index contributed by atoms with van der Waals surface area (Å²) in [5.41, 5.74) is 0.512. The molecule has 1 rings (SSSR count). The molecule has 0 aliphatic rings. The van der Waals surface area contributed by atoms with E-state index in [2.05, 4.69) is 5.32 Å². The molecule has 0 unspecified atom stereocenters. The molecule has 0 aliphatic heterocycles. The molecule has 6 heteroatoms. The Morgan fingerprint density at radius 1 is 1.33 bits per heavy atom. The van der Waals surface area contributed by atoms with E-state index in [4.69, 9.17) is 10.2 Å². The molecule has 0 aliphatic carbocycles. The van der Waals surface area contributed by atoms with Crippen LogP contribution in [0.4, 0.5) is 0 Å². The molecule has 1 amide bonds. The molecule has 0 saturated heterocycles. The quantitative estimate of drug-likeness (QED) is 0.670. The first kappa shape index (κ1) is 14.5. The molecule has 0 bridgehead atoms. The molecule has 0 fully saturated rings. The van der Waals surface area contributed by atoms with Gasteiger partial charge < -0.3 is 15.5 Å². The molecule has 0 spiro atoms. The van der Waals surface area contributed by atoms with Gasteiger partial charge in [0.15, 0.2) is 6.10 Å². The van der Waals surface area contributed by atoms with Crippen LogP contribution in [0.2, 0.25) is 0 Å². The lowest BCUT2D eigenvalue weighted by atomic mass is 10.2. The van der Waals surface area contributed by atoms with E-state index in [1.807, 2.05) is 18.4 Å². The Morgan fingerprint density at radius 2 is 1.94 bits per heavy atom. The molecule has 5 nitrogen and oxygen atoms in total. The van der Waals surface area contributed by atoms with E-state index in [1.54, 1.807) is 23.9 Å². The second-order valence-corrected chi connectivity index (χ2v) is 4.51. The minimum Gasteiger partial charge on any atom is -0.479 e. The van der Waals surface area contributed by atoms with Gasteiger partial charge in [-0.3, -0.25) is 4.79 Å². The van der Waals surface area contributed by atoms with Crippen LogP contribution >= 0.6 is 11.8 Å². The van der Waals surface area contributed by atoms with Gasteiger partial charge in [0, 0.05) is 23.4 Å². The van der Waals surface area contributed by atoms with E-state index in [1.165, 1.54) is 0 Å². The van der Waals surface area contributed by atoms with Crippen molar-refractivity contribution in [2.45, 2.75) is 17.4 Å². The summed E-state index contributed by atoms with van der Waals surface area (Å²) in [7, 11) is 0. The summed E-state index contributed by atoms with van der Waals surface area (Å²) in [6, 6.07) is 7.08. The number of thioether (sulfide) groups is 1. The minimum atomic E-state index is -1.44. The van der Waals surface area contributed by atoms with Crippen LogP contribution in [0.1, 0.15) is 16.8 Å². The van der Waals surface area contributed by atoms with Gasteiger partial charge in [0.05, 0.1) is 0 Å². The maximum absolute atomic E-state index is 11.6. The van der Waals surface area contributed by atoms with Crippen LogP contribution in [0, 0.1) is 0 Å². The number of aliphatic hydroxyl groups is 1. The van der Waals surface area contributed by atoms with Crippen LogP contribution in [0.25, 0.3) is 0 Å². The van der Waals surface area contributed by atoms with Crippen LogP contribution in [0.5, 0.6) is 0 Å². The summed E-state index contributed by atoms with van der Waals surface area (Å²) in [4.78, 5) is 23.1. The van der Waals surface area contributed by atoms with Crippen molar-refractivity contribution in [3.8, 4) is 0 Å². The second kappa shape index (κ2) is 7.03. The lowest BCUT2D eigenvalue weighted by molar-refractivity contribution is -0.146. The Labute approximate surface area is 109 Å². The van der Waals surface area contributed by atoms with Gasteiger partial charge >= 0.3 is 5.97 Å². The highest BCUT2D eigenvalue weighted by Crippen LogP contribution is 2.14. The largest absolute Gasteiger partial charge is 0.479 e. The lowest BCUT2D eigenvalue weighted by Crippen LogP contribution is -2.30. The van der Waals surface area contributed by atoms with E-state index in [0.717, 1.165) is 4.90 Å². The van der Waals surface area contributed by atoms with E-state index in [0.29, 0.717) is 5.56 Å². The van der Waals surface area contributed by atoms with Gasteiger partial charge in [0.1, 0.15) is 0 Å². The van der Waals surface area contributed by atoms with Crippen molar-refractivity contribution in [3.05, 3.63) is 29.8 Å². The lowest BCUT2D eigenvalue weighted by Gasteiger charge is -2.07. The van der Waals surface area contributed by atoms with Crippen LogP contribution in [-0.2, 0) is 4.79 Å². The van der Waals surface area contributed by atoms with Crippen LogP contribution in [0.3, 0.4) is 0 Å². The van der Waals surface area contributed by atoms with Gasteiger partial charge in [-0.1, -0.05) is 0 Å². The number of rotatable bonds is 6. The average Bonchev–Trinajstić information content (AvgIpc) is 2.38. The molecule has 18 heavy (non-hydrogen) atoms. The van der Waals surface area contributed by atoms with Gasteiger partial charge in [0.25, 0.3) is 5.91 Å². The van der Waals surface area contributed by atoms with E-state index in [-0.39, 0.29) is 18.9 Å². The minimum absolute atomic E-state index is 0.00995. The van der Waals surface area contributed by atoms with Crippen molar-refractivity contribution in [1.82, 2.24) is 5.32 Å². The average molecular weight is 269 g/mol.